The van der Waals surface area contributed by atoms with Gasteiger partial charge in [-0.2, -0.15) is 5.10 Å². The van der Waals surface area contributed by atoms with Gasteiger partial charge in [-0.15, -0.1) is 0 Å². The third-order valence-corrected chi connectivity index (χ3v) is 4.30. The monoisotopic (exact) mass is 275 g/mol. The number of ether oxygens (including phenoxy) is 1. The molecule has 0 aliphatic heterocycles. The van der Waals surface area contributed by atoms with Crippen molar-refractivity contribution in [1.82, 2.24) is 19.7 Å². The molecule has 1 fully saturated rings. The number of nitrogens with two attached hydrogens (primary N) is 1. The Balaban J connectivity index is 1.73. The van der Waals surface area contributed by atoms with Gasteiger partial charge in [0.05, 0.1) is 12.8 Å². The molecule has 20 heavy (non-hydrogen) atoms. The van der Waals surface area contributed by atoms with Crippen LogP contribution < -0.4 is 10.5 Å². The molecule has 6 heteroatoms. The summed E-state index contributed by atoms with van der Waals surface area (Å²) in [6.07, 6.45) is 8.27. The second kappa shape index (κ2) is 5.75. The topological polar surface area (TPSA) is 78.9 Å². The molecule has 6 nitrogen and oxygen atoms in total. The van der Waals surface area contributed by atoms with Crippen LogP contribution in [0, 0.1) is 11.8 Å². The van der Waals surface area contributed by atoms with Crippen molar-refractivity contribution >= 4 is 11.0 Å². The highest BCUT2D eigenvalue weighted by atomic mass is 16.5. The average molecular weight is 275 g/mol. The van der Waals surface area contributed by atoms with Gasteiger partial charge in [0.2, 0.25) is 5.88 Å². The van der Waals surface area contributed by atoms with Crippen molar-refractivity contribution in [2.24, 2.45) is 24.6 Å². The van der Waals surface area contributed by atoms with E-state index >= 15 is 0 Å². The second-order valence-electron chi connectivity index (χ2n) is 5.54. The van der Waals surface area contributed by atoms with Crippen LogP contribution in [0.5, 0.6) is 5.88 Å². The minimum Gasteiger partial charge on any atom is -0.477 e. The quantitative estimate of drug-likeness (QED) is 0.915. The van der Waals surface area contributed by atoms with E-state index in [0.29, 0.717) is 24.3 Å². The van der Waals surface area contributed by atoms with Crippen LogP contribution in [0.25, 0.3) is 11.0 Å². The van der Waals surface area contributed by atoms with Gasteiger partial charge in [0.1, 0.15) is 11.7 Å². The molecule has 0 saturated heterocycles. The summed E-state index contributed by atoms with van der Waals surface area (Å²) in [5, 5.41) is 5.07. The van der Waals surface area contributed by atoms with Crippen LogP contribution in [0.15, 0.2) is 12.5 Å². The summed E-state index contributed by atoms with van der Waals surface area (Å²) in [5.74, 6) is 1.75. The van der Waals surface area contributed by atoms with E-state index in [1.807, 2.05) is 7.05 Å². The van der Waals surface area contributed by atoms with Crippen molar-refractivity contribution in [3.63, 3.8) is 0 Å². The first kappa shape index (κ1) is 13.3. The van der Waals surface area contributed by atoms with Gasteiger partial charge in [-0.3, -0.25) is 4.68 Å². The van der Waals surface area contributed by atoms with E-state index in [9.17, 15) is 0 Å². The molecule has 1 saturated carbocycles. The maximum Gasteiger partial charge on any atom is 0.227 e. The summed E-state index contributed by atoms with van der Waals surface area (Å²) in [4.78, 5) is 8.45. The second-order valence-corrected chi connectivity index (χ2v) is 5.54. The zero-order valence-electron chi connectivity index (χ0n) is 11.8. The van der Waals surface area contributed by atoms with E-state index in [4.69, 9.17) is 10.5 Å². The van der Waals surface area contributed by atoms with Gasteiger partial charge in [0.15, 0.2) is 5.65 Å². The maximum absolute atomic E-state index is 5.94. The maximum atomic E-state index is 5.94. The molecule has 1 aliphatic carbocycles. The Labute approximate surface area is 118 Å². The van der Waals surface area contributed by atoms with Gasteiger partial charge in [0.25, 0.3) is 0 Å². The van der Waals surface area contributed by atoms with Crippen LogP contribution in [0.4, 0.5) is 0 Å². The number of aryl methyl sites for hydroxylation is 1. The Morgan fingerprint density at radius 1 is 1.30 bits per heavy atom. The van der Waals surface area contributed by atoms with Crippen LogP contribution in [0.2, 0.25) is 0 Å². The minimum absolute atomic E-state index is 0.537. The van der Waals surface area contributed by atoms with E-state index in [-0.39, 0.29) is 0 Å². The Morgan fingerprint density at radius 3 is 2.90 bits per heavy atom. The zero-order chi connectivity index (χ0) is 13.9. The third-order valence-electron chi connectivity index (χ3n) is 4.30. The van der Waals surface area contributed by atoms with Crippen molar-refractivity contribution < 1.29 is 4.74 Å². The lowest BCUT2D eigenvalue weighted by Gasteiger charge is -2.30. The molecule has 0 amide bonds. The highest BCUT2D eigenvalue weighted by Gasteiger charge is 2.25. The fraction of sp³-hybridized carbons (Fsp3) is 0.643. The smallest absolute Gasteiger partial charge is 0.227 e. The van der Waals surface area contributed by atoms with E-state index in [1.165, 1.54) is 32.0 Å². The number of hydrogen-bond acceptors (Lipinski definition) is 5. The molecule has 2 aromatic heterocycles. The molecule has 2 heterocycles. The Morgan fingerprint density at radius 2 is 2.10 bits per heavy atom. The predicted octanol–water partition coefficient (Wildman–Crippen LogP) is 1.51. The molecule has 2 atom stereocenters. The van der Waals surface area contributed by atoms with Crippen LogP contribution in [-0.4, -0.2) is 32.9 Å². The van der Waals surface area contributed by atoms with Gasteiger partial charge >= 0.3 is 0 Å². The van der Waals surface area contributed by atoms with E-state index in [2.05, 4.69) is 15.1 Å². The molecular weight excluding hydrogens is 254 g/mol. The summed E-state index contributed by atoms with van der Waals surface area (Å²) in [7, 11) is 1.87. The Bertz CT molecular complexity index is 582. The molecule has 108 valence electrons. The van der Waals surface area contributed by atoms with Crippen LogP contribution in [0.1, 0.15) is 25.7 Å². The van der Waals surface area contributed by atoms with Crippen molar-refractivity contribution in [2.75, 3.05) is 13.2 Å². The summed E-state index contributed by atoms with van der Waals surface area (Å²) in [6.45, 7) is 1.43. The SMILES string of the molecule is Cn1ncc2c(OCC3CCCCC3CN)ncnc21. The first-order valence-electron chi connectivity index (χ1n) is 7.25. The lowest BCUT2D eigenvalue weighted by Crippen LogP contribution is -2.30. The lowest BCUT2D eigenvalue weighted by molar-refractivity contribution is 0.151. The number of aromatic nitrogens is 4. The van der Waals surface area contributed by atoms with Crippen LogP contribution in [0.3, 0.4) is 0 Å². The predicted molar refractivity (Wildman–Crippen MR) is 76.3 cm³/mol. The summed E-state index contributed by atoms with van der Waals surface area (Å²) in [6, 6.07) is 0. The van der Waals surface area contributed by atoms with Gasteiger partial charge < -0.3 is 10.5 Å². The van der Waals surface area contributed by atoms with Gasteiger partial charge in [-0.25, -0.2) is 9.97 Å². The van der Waals surface area contributed by atoms with Crippen molar-refractivity contribution in [1.29, 1.82) is 0 Å². The molecule has 2 unspecified atom stereocenters. The molecule has 0 aromatic carbocycles. The van der Waals surface area contributed by atoms with Gasteiger partial charge in [0, 0.05) is 7.05 Å². The molecule has 2 N–H and O–H groups in total. The molecule has 0 radical (unpaired) electrons. The number of rotatable bonds is 4. The summed E-state index contributed by atoms with van der Waals surface area (Å²) in [5.41, 5.74) is 6.66. The highest BCUT2D eigenvalue weighted by Crippen LogP contribution is 2.30. The molecule has 0 spiro atoms. The molecule has 3 rings (SSSR count). The van der Waals surface area contributed by atoms with Crippen LogP contribution in [-0.2, 0) is 7.05 Å². The third kappa shape index (κ3) is 2.47. The molecule has 1 aliphatic rings. The Hall–Kier alpha value is -1.69. The molecular formula is C14H21N5O. The lowest BCUT2D eigenvalue weighted by atomic mass is 9.80. The van der Waals surface area contributed by atoms with E-state index < -0.39 is 0 Å². The molecule has 0 bridgehead atoms. The van der Waals surface area contributed by atoms with Gasteiger partial charge in [-0.1, -0.05) is 12.8 Å². The first-order chi connectivity index (χ1) is 9.79. The standard InChI is InChI=1S/C14H21N5O/c1-19-13-12(7-18-19)14(17-9-16-13)20-8-11-5-3-2-4-10(11)6-15/h7,9-11H,2-6,8,15H2,1H3. The highest BCUT2D eigenvalue weighted by molar-refractivity contribution is 5.79. The van der Waals surface area contributed by atoms with E-state index in [0.717, 1.165) is 17.6 Å². The zero-order valence-corrected chi connectivity index (χ0v) is 11.8. The first-order valence-corrected chi connectivity index (χ1v) is 7.25. The fourth-order valence-corrected chi connectivity index (χ4v) is 3.06. The number of nitrogens with zero attached hydrogens (tertiary/aromatic N) is 4. The normalized spacial score (nSPS) is 23.1. The van der Waals surface area contributed by atoms with Crippen molar-refractivity contribution in [2.45, 2.75) is 25.7 Å². The van der Waals surface area contributed by atoms with Crippen molar-refractivity contribution in [3.8, 4) is 5.88 Å². The number of hydrogen-bond donors (Lipinski definition) is 1. The Kier molecular flexibility index (Phi) is 3.82. The van der Waals surface area contributed by atoms with Crippen molar-refractivity contribution in [3.05, 3.63) is 12.5 Å². The summed E-state index contributed by atoms with van der Waals surface area (Å²) < 4.78 is 7.67. The van der Waals surface area contributed by atoms with Crippen LogP contribution >= 0.6 is 0 Å². The fourth-order valence-electron chi connectivity index (χ4n) is 3.06. The average Bonchev–Trinajstić information content (AvgIpc) is 2.88. The minimum atomic E-state index is 0.537. The largest absolute Gasteiger partial charge is 0.477 e. The number of fused-ring (bicyclic) bond motifs is 1. The van der Waals surface area contributed by atoms with Gasteiger partial charge in [-0.05, 0) is 31.2 Å². The van der Waals surface area contributed by atoms with E-state index in [1.54, 1.807) is 10.9 Å². The molecule has 2 aromatic rings. The summed E-state index contributed by atoms with van der Waals surface area (Å²) >= 11 is 0.